The Bertz CT molecular complexity index is 1060. The second-order valence-corrected chi connectivity index (χ2v) is 7.97. The van der Waals surface area contributed by atoms with Crippen LogP contribution in [0, 0.1) is 11.3 Å². The van der Waals surface area contributed by atoms with E-state index in [1.165, 1.54) is 11.8 Å². The van der Waals surface area contributed by atoms with Gasteiger partial charge in [0.05, 0.1) is 22.9 Å². The van der Waals surface area contributed by atoms with E-state index in [0.29, 0.717) is 18.4 Å². The summed E-state index contributed by atoms with van der Waals surface area (Å²) in [6.45, 7) is 0. The molecular formula is C20H17N3O3S. The molecular weight excluding hydrogens is 362 g/mol. The zero-order chi connectivity index (χ0) is 19.0. The highest BCUT2D eigenvalue weighted by Crippen LogP contribution is 2.50. The van der Waals surface area contributed by atoms with Crippen molar-refractivity contribution < 1.29 is 14.6 Å². The van der Waals surface area contributed by atoms with Gasteiger partial charge in [-0.15, -0.1) is 11.8 Å². The summed E-state index contributed by atoms with van der Waals surface area (Å²) in [5.74, 6) is -0.825. The molecule has 1 fully saturated rings. The number of hydrogen-bond acceptors (Lipinski definition) is 5. The Balaban J connectivity index is 1.78. The van der Waals surface area contributed by atoms with Crippen LogP contribution in [-0.4, -0.2) is 38.4 Å². The number of ether oxygens (including phenoxy) is 1. The van der Waals surface area contributed by atoms with E-state index in [0.717, 1.165) is 21.7 Å². The monoisotopic (exact) mass is 379 g/mol. The Hall–Kier alpha value is -2.82. The highest BCUT2D eigenvalue weighted by molar-refractivity contribution is 8.01. The Kier molecular flexibility index (Phi) is 4.38. The van der Waals surface area contributed by atoms with E-state index in [9.17, 15) is 15.2 Å². The van der Waals surface area contributed by atoms with E-state index < -0.39 is 10.7 Å². The van der Waals surface area contributed by atoms with Crippen molar-refractivity contribution in [2.45, 2.75) is 28.6 Å². The third-order valence-electron chi connectivity index (χ3n) is 5.01. The van der Waals surface area contributed by atoms with E-state index in [1.807, 2.05) is 34.9 Å². The molecule has 27 heavy (non-hydrogen) atoms. The molecule has 1 N–H and O–H groups in total. The smallest absolute Gasteiger partial charge is 0.320 e. The number of aliphatic carboxylic acids is 1. The SMILES string of the molecule is COC1CC(Sc2ccncc2-c2ccc(C#N)c3cccn23)(C(=O)O)C1. The highest BCUT2D eigenvalue weighted by atomic mass is 32.2. The van der Waals surface area contributed by atoms with Crippen LogP contribution in [0.1, 0.15) is 18.4 Å². The molecule has 0 aliphatic heterocycles. The van der Waals surface area contributed by atoms with Gasteiger partial charge in [-0.05, 0) is 43.2 Å². The molecule has 1 saturated carbocycles. The summed E-state index contributed by atoms with van der Waals surface area (Å²) in [5, 5.41) is 19.1. The molecule has 3 aromatic rings. The van der Waals surface area contributed by atoms with Crippen LogP contribution in [0.15, 0.2) is 53.8 Å². The quantitative estimate of drug-likeness (QED) is 0.729. The van der Waals surface area contributed by atoms with Gasteiger partial charge >= 0.3 is 5.97 Å². The van der Waals surface area contributed by atoms with E-state index in [4.69, 9.17) is 4.74 Å². The number of fused-ring (bicyclic) bond motifs is 1. The Morgan fingerprint density at radius 1 is 1.41 bits per heavy atom. The molecule has 3 heterocycles. The first-order valence-corrected chi connectivity index (χ1v) is 9.29. The van der Waals surface area contributed by atoms with E-state index >= 15 is 0 Å². The van der Waals surface area contributed by atoms with Crippen LogP contribution in [0.4, 0.5) is 0 Å². The van der Waals surface area contributed by atoms with Crippen molar-refractivity contribution in [1.82, 2.24) is 9.38 Å². The van der Waals surface area contributed by atoms with Crippen LogP contribution in [0.2, 0.25) is 0 Å². The van der Waals surface area contributed by atoms with Gasteiger partial charge in [-0.1, -0.05) is 0 Å². The second-order valence-electron chi connectivity index (χ2n) is 6.55. The number of aromatic nitrogens is 2. The molecule has 6 nitrogen and oxygen atoms in total. The molecule has 0 radical (unpaired) electrons. The minimum Gasteiger partial charge on any atom is -0.480 e. The lowest BCUT2D eigenvalue weighted by molar-refractivity contribution is -0.146. The lowest BCUT2D eigenvalue weighted by atomic mass is 9.81. The van der Waals surface area contributed by atoms with Gasteiger partial charge in [0.15, 0.2) is 0 Å². The van der Waals surface area contributed by atoms with Gasteiger partial charge in [0.25, 0.3) is 0 Å². The molecule has 0 unspecified atom stereocenters. The molecule has 0 amide bonds. The normalized spacial score (nSPS) is 21.6. The third kappa shape index (κ3) is 2.87. The number of pyridine rings is 2. The largest absolute Gasteiger partial charge is 0.480 e. The van der Waals surface area contributed by atoms with E-state index in [-0.39, 0.29) is 6.10 Å². The molecule has 0 atom stereocenters. The van der Waals surface area contributed by atoms with Crippen LogP contribution in [0.5, 0.6) is 0 Å². The summed E-state index contributed by atoms with van der Waals surface area (Å²) in [5.41, 5.74) is 3.11. The van der Waals surface area contributed by atoms with Crippen LogP contribution < -0.4 is 0 Å². The van der Waals surface area contributed by atoms with Gasteiger partial charge in [-0.2, -0.15) is 5.26 Å². The number of carboxylic acids is 1. The van der Waals surface area contributed by atoms with Crippen molar-refractivity contribution >= 4 is 23.2 Å². The predicted octanol–water partition coefficient (Wildman–Crippen LogP) is 3.60. The zero-order valence-corrected chi connectivity index (χ0v) is 15.4. The Labute approximate surface area is 160 Å². The first-order valence-electron chi connectivity index (χ1n) is 8.48. The second kappa shape index (κ2) is 6.72. The molecule has 136 valence electrons. The topological polar surface area (TPSA) is 87.6 Å². The van der Waals surface area contributed by atoms with Crippen molar-refractivity contribution in [1.29, 1.82) is 5.26 Å². The fraction of sp³-hybridized carbons (Fsp3) is 0.250. The Morgan fingerprint density at radius 2 is 2.22 bits per heavy atom. The molecule has 0 bridgehead atoms. The average Bonchev–Trinajstić information content (AvgIpc) is 3.13. The number of thioether (sulfide) groups is 1. The summed E-state index contributed by atoms with van der Waals surface area (Å²) in [7, 11) is 1.61. The summed E-state index contributed by atoms with van der Waals surface area (Å²) in [6, 6.07) is 11.5. The van der Waals surface area contributed by atoms with Gasteiger partial charge in [0.2, 0.25) is 0 Å². The average molecular weight is 379 g/mol. The fourth-order valence-electron chi connectivity index (χ4n) is 3.47. The lowest BCUT2D eigenvalue weighted by Gasteiger charge is -2.43. The molecule has 0 aromatic carbocycles. The summed E-state index contributed by atoms with van der Waals surface area (Å²) in [6.07, 6.45) is 6.22. The number of nitriles is 1. The van der Waals surface area contributed by atoms with Gasteiger partial charge in [0, 0.05) is 36.2 Å². The first kappa shape index (κ1) is 17.6. The van der Waals surface area contributed by atoms with Crippen molar-refractivity contribution in [3.63, 3.8) is 0 Å². The van der Waals surface area contributed by atoms with Gasteiger partial charge in [0.1, 0.15) is 10.8 Å². The van der Waals surface area contributed by atoms with Crippen LogP contribution in [-0.2, 0) is 9.53 Å². The maximum atomic E-state index is 11.9. The maximum Gasteiger partial charge on any atom is 0.320 e. The number of nitrogens with zero attached hydrogens (tertiary/aromatic N) is 3. The van der Waals surface area contributed by atoms with E-state index in [2.05, 4.69) is 11.1 Å². The molecule has 4 rings (SSSR count). The predicted molar refractivity (Wildman–Crippen MR) is 102 cm³/mol. The molecule has 7 heteroatoms. The molecule has 0 spiro atoms. The summed E-state index contributed by atoms with van der Waals surface area (Å²) < 4.78 is 6.34. The lowest BCUT2D eigenvalue weighted by Crippen LogP contribution is -2.51. The zero-order valence-electron chi connectivity index (χ0n) is 14.6. The van der Waals surface area contributed by atoms with Crippen LogP contribution in [0.3, 0.4) is 0 Å². The van der Waals surface area contributed by atoms with E-state index in [1.54, 1.807) is 25.6 Å². The van der Waals surface area contributed by atoms with Crippen molar-refractivity contribution in [3.05, 3.63) is 54.5 Å². The summed E-state index contributed by atoms with van der Waals surface area (Å²) in [4.78, 5) is 17.0. The maximum absolute atomic E-state index is 11.9. The van der Waals surface area contributed by atoms with Crippen molar-refractivity contribution in [2.24, 2.45) is 0 Å². The Morgan fingerprint density at radius 3 is 2.93 bits per heavy atom. The number of hydrogen-bond donors (Lipinski definition) is 1. The first-order chi connectivity index (χ1) is 13.1. The highest BCUT2D eigenvalue weighted by Gasteiger charge is 2.52. The summed E-state index contributed by atoms with van der Waals surface area (Å²) >= 11 is 1.35. The molecule has 3 aromatic heterocycles. The van der Waals surface area contributed by atoms with Crippen LogP contribution >= 0.6 is 11.8 Å². The van der Waals surface area contributed by atoms with Crippen LogP contribution in [0.25, 0.3) is 16.8 Å². The number of methoxy groups -OCH3 is 1. The molecule has 1 aliphatic carbocycles. The molecule has 1 aliphatic rings. The van der Waals surface area contributed by atoms with Crippen molar-refractivity contribution in [2.75, 3.05) is 7.11 Å². The number of carboxylic acid groups (broad SMARTS) is 1. The van der Waals surface area contributed by atoms with Gasteiger partial charge in [-0.25, -0.2) is 0 Å². The number of rotatable bonds is 5. The van der Waals surface area contributed by atoms with Gasteiger partial charge < -0.3 is 14.2 Å². The standard InChI is InChI=1S/C20H17N3O3S/c1-26-14-9-20(10-14,19(24)25)27-18-6-7-22-12-15(18)17-5-4-13(11-21)16-3-2-8-23(16)17/h2-8,12,14H,9-10H2,1H3,(H,24,25). The minimum atomic E-state index is -0.890. The third-order valence-corrected chi connectivity index (χ3v) is 6.49. The van der Waals surface area contributed by atoms with Crippen molar-refractivity contribution in [3.8, 4) is 17.3 Å². The number of carbonyl (C=O) groups is 1. The fourth-order valence-corrected chi connectivity index (χ4v) is 4.91. The van der Waals surface area contributed by atoms with Gasteiger partial charge in [-0.3, -0.25) is 9.78 Å². The minimum absolute atomic E-state index is 0.0232. The molecule has 0 saturated heterocycles.